The molecule has 0 aromatic carbocycles. The molecule has 0 radical (unpaired) electrons. The topological polar surface area (TPSA) is 53.6 Å². The van der Waals surface area contributed by atoms with Crippen molar-refractivity contribution in [3.8, 4) is 0 Å². The maximum Gasteiger partial charge on any atom is 0.405 e. The van der Waals surface area contributed by atoms with Gasteiger partial charge in [-0.05, 0) is 6.42 Å². The van der Waals surface area contributed by atoms with Crippen molar-refractivity contribution in [2.24, 2.45) is 0 Å². The zero-order chi connectivity index (χ0) is 15.2. The fourth-order valence-electron chi connectivity index (χ4n) is 2.22. The number of hydrogen-bond donors (Lipinski definition) is 2. The lowest BCUT2D eigenvalue weighted by Gasteiger charge is -2.36. The Morgan fingerprint density at radius 3 is 2.38 bits per heavy atom. The van der Waals surface area contributed by atoms with Crippen LogP contribution in [0.4, 0.5) is 13.2 Å². The molecule has 2 N–H and O–H groups in total. The van der Waals surface area contributed by atoms with Crippen molar-refractivity contribution in [1.29, 1.82) is 0 Å². The van der Waals surface area contributed by atoms with E-state index >= 15 is 0 Å². The number of halogens is 4. The maximum atomic E-state index is 13.1. The number of carbonyl (C=O) groups excluding carboxylic acids is 1. The van der Waals surface area contributed by atoms with E-state index < -0.39 is 30.8 Å². The van der Waals surface area contributed by atoms with Crippen molar-refractivity contribution in [1.82, 2.24) is 15.5 Å². The fraction of sp³-hybridized carbons (Fsp3) is 0.917. The molecule has 1 fully saturated rings. The molecule has 9 heteroatoms. The van der Waals surface area contributed by atoms with E-state index in [9.17, 15) is 18.0 Å². The number of nitrogens with one attached hydrogen (secondary N) is 2. The van der Waals surface area contributed by atoms with Crippen molar-refractivity contribution in [2.75, 3.05) is 39.8 Å². The van der Waals surface area contributed by atoms with Gasteiger partial charge in [-0.3, -0.25) is 9.69 Å². The number of alkyl halides is 3. The van der Waals surface area contributed by atoms with E-state index in [4.69, 9.17) is 4.74 Å². The minimum Gasteiger partial charge on any atom is -0.372 e. The van der Waals surface area contributed by atoms with Crippen LogP contribution in [0.2, 0.25) is 0 Å². The first-order valence-electron chi connectivity index (χ1n) is 6.72. The van der Waals surface area contributed by atoms with Crippen LogP contribution in [0.1, 0.15) is 13.3 Å². The van der Waals surface area contributed by atoms with E-state index in [-0.39, 0.29) is 12.4 Å². The highest BCUT2D eigenvalue weighted by Gasteiger charge is 2.44. The van der Waals surface area contributed by atoms with Gasteiger partial charge in [-0.15, -0.1) is 12.4 Å². The highest BCUT2D eigenvalue weighted by atomic mass is 35.5. The summed E-state index contributed by atoms with van der Waals surface area (Å²) in [5.41, 5.74) is 0. The molecular formula is C12H23ClF3N3O2. The molecule has 0 aliphatic carbocycles. The van der Waals surface area contributed by atoms with Crippen LogP contribution in [0.25, 0.3) is 0 Å². The molecule has 2 atom stereocenters. The van der Waals surface area contributed by atoms with E-state index in [1.807, 2.05) is 0 Å². The lowest BCUT2D eigenvalue weighted by atomic mass is 10.2. The number of rotatable bonds is 6. The van der Waals surface area contributed by atoms with Gasteiger partial charge in [0.05, 0.1) is 0 Å². The molecule has 0 bridgehead atoms. The molecule has 1 heterocycles. The average Bonchev–Trinajstić information content (AvgIpc) is 2.40. The zero-order valence-electron chi connectivity index (χ0n) is 12.2. The molecule has 1 saturated heterocycles. The van der Waals surface area contributed by atoms with Gasteiger partial charge in [-0.1, -0.05) is 6.92 Å². The van der Waals surface area contributed by atoms with Crippen LogP contribution in [0.3, 0.4) is 0 Å². The van der Waals surface area contributed by atoms with Crippen molar-refractivity contribution in [3.63, 3.8) is 0 Å². The number of ether oxygens (including phenoxy) is 1. The van der Waals surface area contributed by atoms with E-state index in [0.717, 1.165) is 0 Å². The number of nitrogens with zero attached hydrogens (tertiary/aromatic N) is 1. The molecule has 1 aliphatic rings. The van der Waals surface area contributed by atoms with Crippen LogP contribution in [0, 0.1) is 0 Å². The molecule has 126 valence electrons. The fourth-order valence-corrected chi connectivity index (χ4v) is 2.22. The molecular weight excluding hydrogens is 311 g/mol. The summed E-state index contributed by atoms with van der Waals surface area (Å²) in [6.45, 7) is 2.99. The van der Waals surface area contributed by atoms with Gasteiger partial charge in [0.15, 0.2) is 0 Å². The van der Waals surface area contributed by atoms with Gasteiger partial charge in [0.1, 0.15) is 12.1 Å². The number of hydrogen-bond acceptors (Lipinski definition) is 4. The minimum absolute atomic E-state index is 0. The minimum atomic E-state index is -4.36. The second-order valence-corrected chi connectivity index (χ2v) is 4.72. The zero-order valence-corrected chi connectivity index (χ0v) is 13.0. The highest BCUT2D eigenvalue weighted by molar-refractivity contribution is 5.85. The molecule has 1 amide bonds. The molecule has 1 rings (SSSR count). The van der Waals surface area contributed by atoms with E-state index in [2.05, 4.69) is 10.6 Å². The first-order chi connectivity index (χ1) is 9.40. The van der Waals surface area contributed by atoms with Gasteiger partial charge >= 0.3 is 6.18 Å². The normalized spacial score (nSPS) is 19.5. The number of methoxy groups -OCH3 is 1. The third kappa shape index (κ3) is 6.37. The summed E-state index contributed by atoms with van der Waals surface area (Å²) in [7, 11) is 1.37. The van der Waals surface area contributed by atoms with Gasteiger partial charge < -0.3 is 15.4 Å². The first-order valence-corrected chi connectivity index (χ1v) is 6.72. The Labute approximate surface area is 129 Å². The molecule has 0 aromatic heterocycles. The number of amides is 1. The van der Waals surface area contributed by atoms with Gasteiger partial charge in [0, 0.05) is 39.8 Å². The van der Waals surface area contributed by atoms with Gasteiger partial charge in [-0.25, -0.2) is 0 Å². The van der Waals surface area contributed by atoms with E-state index in [0.29, 0.717) is 32.6 Å². The van der Waals surface area contributed by atoms with Crippen LogP contribution < -0.4 is 10.6 Å². The highest BCUT2D eigenvalue weighted by Crippen LogP contribution is 2.24. The average molecular weight is 334 g/mol. The third-order valence-corrected chi connectivity index (χ3v) is 3.39. The Bertz CT molecular complexity index is 309. The molecule has 21 heavy (non-hydrogen) atoms. The lowest BCUT2D eigenvalue weighted by molar-refractivity contribution is -0.184. The summed E-state index contributed by atoms with van der Waals surface area (Å²) in [5, 5.41) is 5.35. The predicted octanol–water partition coefficient (Wildman–Crippen LogP) is 0.785. The molecule has 5 nitrogen and oxygen atoms in total. The van der Waals surface area contributed by atoms with Gasteiger partial charge in [0.25, 0.3) is 0 Å². The quantitative estimate of drug-likeness (QED) is 0.754. The van der Waals surface area contributed by atoms with Crippen LogP contribution in [0.5, 0.6) is 0 Å². The Balaban J connectivity index is 0.00000400. The predicted molar refractivity (Wildman–Crippen MR) is 75.6 cm³/mol. The van der Waals surface area contributed by atoms with Crippen molar-refractivity contribution in [2.45, 2.75) is 31.7 Å². The van der Waals surface area contributed by atoms with Crippen LogP contribution in [0.15, 0.2) is 0 Å². The van der Waals surface area contributed by atoms with Crippen molar-refractivity contribution >= 4 is 18.3 Å². The maximum absolute atomic E-state index is 13.1. The monoisotopic (exact) mass is 333 g/mol. The van der Waals surface area contributed by atoms with Gasteiger partial charge in [0.2, 0.25) is 5.91 Å². The second-order valence-electron chi connectivity index (χ2n) is 4.72. The summed E-state index contributed by atoms with van der Waals surface area (Å²) in [6.07, 6.45) is -4.64. The summed E-state index contributed by atoms with van der Waals surface area (Å²) in [4.78, 5) is 13.0. The van der Waals surface area contributed by atoms with Crippen LogP contribution in [-0.2, 0) is 9.53 Å². The van der Waals surface area contributed by atoms with E-state index in [1.54, 1.807) is 6.92 Å². The second kappa shape index (κ2) is 9.45. The molecule has 2 unspecified atom stereocenters. The smallest absolute Gasteiger partial charge is 0.372 e. The molecule has 1 aliphatic heterocycles. The summed E-state index contributed by atoms with van der Waals surface area (Å²) in [5.74, 6) is -0.501. The molecule has 0 saturated carbocycles. The van der Waals surface area contributed by atoms with Gasteiger partial charge in [-0.2, -0.15) is 13.2 Å². The lowest BCUT2D eigenvalue weighted by Crippen LogP contribution is -2.58. The summed E-state index contributed by atoms with van der Waals surface area (Å²) in [6, 6.07) is -1.65. The van der Waals surface area contributed by atoms with Crippen LogP contribution in [-0.4, -0.2) is 69.0 Å². The molecule has 0 aromatic rings. The number of carbonyl (C=O) groups is 1. The molecule has 0 spiro atoms. The van der Waals surface area contributed by atoms with Crippen molar-refractivity contribution in [3.05, 3.63) is 0 Å². The summed E-state index contributed by atoms with van der Waals surface area (Å²) < 4.78 is 44.1. The third-order valence-electron chi connectivity index (χ3n) is 3.39. The number of piperazine rings is 1. The van der Waals surface area contributed by atoms with Crippen molar-refractivity contribution < 1.29 is 22.7 Å². The Kier molecular flexibility index (Phi) is 9.19. The van der Waals surface area contributed by atoms with Crippen LogP contribution >= 0.6 is 12.4 Å². The SMILES string of the molecule is CCC(OC)C(=O)NCC(N1CCNCC1)C(F)(F)F.Cl. The Morgan fingerprint density at radius 1 is 1.38 bits per heavy atom. The standard InChI is InChI=1S/C12H22F3N3O2.ClH/c1-3-9(20-2)11(19)17-8-10(12(13,14)15)18-6-4-16-5-7-18;/h9-10,16H,3-8H2,1-2H3,(H,17,19);1H. The first kappa shape index (κ1) is 20.4. The summed E-state index contributed by atoms with van der Waals surface area (Å²) >= 11 is 0. The van der Waals surface area contributed by atoms with E-state index in [1.165, 1.54) is 12.0 Å². The Morgan fingerprint density at radius 2 is 1.95 bits per heavy atom. The largest absolute Gasteiger partial charge is 0.405 e. The Hall–Kier alpha value is -0.570.